The van der Waals surface area contributed by atoms with E-state index in [9.17, 15) is 13.2 Å². The second-order valence-corrected chi connectivity index (χ2v) is 7.87. The maximum Gasteiger partial charge on any atom is 0.255 e. The van der Waals surface area contributed by atoms with Crippen molar-refractivity contribution in [1.82, 2.24) is 4.98 Å². The average molecular weight is 393 g/mol. The number of rotatable bonds is 6. The molecule has 2 aromatic carbocycles. The van der Waals surface area contributed by atoms with Crippen LogP contribution < -0.4 is 10.0 Å². The molecule has 142 valence electrons. The standard InChI is InChI=1S/C21H19N3O3S/c1-28(26,27)24-20-10-5-7-17(15-20)21(25)23-19-9-4-6-16(14-19)11-12-18-8-2-3-13-22-18/h2-15,24H,1H3,(H,23,25)/b12-11+. The molecule has 0 aliphatic rings. The molecule has 3 aromatic rings. The molecule has 2 N–H and O–H groups in total. The maximum atomic E-state index is 12.5. The van der Waals surface area contributed by atoms with Gasteiger partial charge < -0.3 is 5.32 Å². The van der Waals surface area contributed by atoms with Gasteiger partial charge in [-0.15, -0.1) is 0 Å². The van der Waals surface area contributed by atoms with Gasteiger partial charge in [0, 0.05) is 23.1 Å². The number of sulfonamides is 1. The van der Waals surface area contributed by atoms with Crippen LogP contribution in [0.5, 0.6) is 0 Å². The largest absolute Gasteiger partial charge is 0.322 e. The van der Waals surface area contributed by atoms with E-state index in [4.69, 9.17) is 0 Å². The first kappa shape index (κ1) is 19.3. The van der Waals surface area contributed by atoms with Gasteiger partial charge in [-0.05, 0) is 54.1 Å². The normalized spacial score (nSPS) is 11.3. The number of benzene rings is 2. The van der Waals surface area contributed by atoms with E-state index in [1.807, 2.05) is 48.6 Å². The third-order valence-electron chi connectivity index (χ3n) is 3.71. The van der Waals surface area contributed by atoms with Gasteiger partial charge in [-0.25, -0.2) is 8.42 Å². The number of hydrogen-bond acceptors (Lipinski definition) is 4. The minimum absolute atomic E-state index is 0.331. The van der Waals surface area contributed by atoms with Gasteiger partial charge >= 0.3 is 0 Å². The van der Waals surface area contributed by atoms with E-state index in [1.54, 1.807) is 30.5 Å². The Hall–Kier alpha value is -3.45. The van der Waals surface area contributed by atoms with E-state index in [0.29, 0.717) is 16.9 Å². The number of carbonyl (C=O) groups is 1. The number of nitrogens with zero attached hydrogens (tertiary/aromatic N) is 1. The number of amides is 1. The first-order chi connectivity index (χ1) is 13.4. The zero-order valence-electron chi connectivity index (χ0n) is 15.2. The van der Waals surface area contributed by atoms with E-state index in [2.05, 4.69) is 15.0 Å². The minimum atomic E-state index is -3.41. The van der Waals surface area contributed by atoms with Crippen molar-refractivity contribution in [1.29, 1.82) is 0 Å². The number of carbonyl (C=O) groups excluding carboxylic acids is 1. The van der Waals surface area contributed by atoms with E-state index in [0.717, 1.165) is 17.5 Å². The summed E-state index contributed by atoms with van der Waals surface area (Å²) in [4.78, 5) is 16.7. The number of pyridine rings is 1. The summed E-state index contributed by atoms with van der Waals surface area (Å²) in [6.45, 7) is 0. The average Bonchev–Trinajstić information content (AvgIpc) is 2.66. The summed E-state index contributed by atoms with van der Waals surface area (Å²) in [5.74, 6) is -0.331. The van der Waals surface area contributed by atoms with Crippen LogP contribution >= 0.6 is 0 Å². The van der Waals surface area contributed by atoms with E-state index >= 15 is 0 Å². The van der Waals surface area contributed by atoms with Crippen LogP contribution in [-0.4, -0.2) is 25.6 Å². The summed E-state index contributed by atoms with van der Waals surface area (Å²) in [6.07, 6.45) is 6.59. The smallest absolute Gasteiger partial charge is 0.255 e. The third kappa shape index (κ3) is 5.78. The van der Waals surface area contributed by atoms with Crippen molar-refractivity contribution in [2.24, 2.45) is 0 Å². The van der Waals surface area contributed by atoms with E-state index < -0.39 is 10.0 Å². The number of aromatic nitrogens is 1. The Morgan fingerprint density at radius 2 is 1.71 bits per heavy atom. The van der Waals surface area contributed by atoms with Gasteiger partial charge in [-0.2, -0.15) is 0 Å². The van der Waals surface area contributed by atoms with Gasteiger partial charge in [0.15, 0.2) is 0 Å². The zero-order chi connectivity index (χ0) is 20.0. The molecule has 0 aliphatic heterocycles. The van der Waals surface area contributed by atoms with Crippen molar-refractivity contribution in [3.05, 3.63) is 89.7 Å². The van der Waals surface area contributed by atoms with Gasteiger partial charge in [0.1, 0.15) is 0 Å². The molecule has 1 amide bonds. The molecule has 6 nitrogen and oxygen atoms in total. The molecule has 0 aliphatic carbocycles. The lowest BCUT2D eigenvalue weighted by atomic mass is 10.1. The highest BCUT2D eigenvalue weighted by molar-refractivity contribution is 7.92. The Kier molecular flexibility index (Phi) is 5.86. The molecule has 0 saturated carbocycles. The molecule has 1 heterocycles. The molecule has 3 rings (SSSR count). The quantitative estimate of drug-likeness (QED) is 0.665. The van der Waals surface area contributed by atoms with Crippen LogP contribution in [0.15, 0.2) is 72.9 Å². The van der Waals surface area contributed by atoms with Crippen molar-refractivity contribution in [3.8, 4) is 0 Å². The molecule has 1 aromatic heterocycles. The van der Waals surface area contributed by atoms with Crippen molar-refractivity contribution in [2.45, 2.75) is 0 Å². The van der Waals surface area contributed by atoms with Crippen molar-refractivity contribution in [2.75, 3.05) is 16.3 Å². The second kappa shape index (κ2) is 8.49. The highest BCUT2D eigenvalue weighted by atomic mass is 32.2. The molecular formula is C21H19N3O3S. The fraction of sp³-hybridized carbons (Fsp3) is 0.0476. The van der Waals surface area contributed by atoms with Crippen molar-refractivity contribution in [3.63, 3.8) is 0 Å². The van der Waals surface area contributed by atoms with Crippen LogP contribution in [0.25, 0.3) is 12.2 Å². The number of anilines is 2. The predicted octanol–water partition coefficient (Wildman–Crippen LogP) is 3.88. The summed E-state index contributed by atoms with van der Waals surface area (Å²) < 4.78 is 25.1. The Morgan fingerprint density at radius 3 is 2.46 bits per heavy atom. The second-order valence-electron chi connectivity index (χ2n) is 6.12. The summed E-state index contributed by atoms with van der Waals surface area (Å²) in [5.41, 5.74) is 3.07. The van der Waals surface area contributed by atoms with Gasteiger partial charge in [0.25, 0.3) is 5.91 Å². The third-order valence-corrected chi connectivity index (χ3v) is 4.31. The zero-order valence-corrected chi connectivity index (χ0v) is 16.0. The number of hydrogen-bond donors (Lipinski definition) is 2. The Morgan fingerprint density at radius 1 is 0.929 bits per heavy atom. The molecule has 7 heteroatoms. The monoisotopic (exact) mass is 393 g/mol. The fourth-order valence-corrected chi connectivity index (χ4v) is 3.07. The van der Waals surface area contributed by atoms with Crippen LogP contribution in [-0.2, 0) is 10.0 Å². The highest BCUT2D eigenvalue weighted by Gasteiger charge is 2.09. The summed E-state index contributed by atoms with van der Waals surface area (Å²) in [5, 5.41) is 2.82. The molecular weight excluding hydrogens is 374 g/mol. The van der Waals surface area contributed by atoms with Crippen LogP contribution in [0.1, 0.15) is 21.6 Å². The fourth-order valence-electron chi connectivity index (χ4n) is 2.52. The Labute approximate surface area is 164 Å². The van der Waals surface area contributed by atoms with Crippen LogP contribution in [0, 0.1) is 0 Å². The van der Waals surface area contributed by atoms with Crippen molar-refractivity contribution < 1.29 is 13.2 Å². The topological polar surface area (TPSA) is 88.2 Å². The predicted molar refractivity (Wildman–Crippen MR) is 112 cm³/mol. The maximum absolute atomic E-state index is 12.5. The molecule has 0 spiro atoms. The minimum Gasteiger partial charge on any atom is -0.322 e. The van der Waals surface area contributed by atoms with Gasteiger partial charge in [0.05, 0.1) is 11.9 Å². The molecule has 0 fully saturated rings. The lowest BCUT2D eigenvalue weighted by molar-refractivity contribution is 0.102. The molecule has 0 atom stereocenters. The molecule has 0 radical (unpaired) electrons. The Bertz CT molecular complexity index is 1110. The molecule has 28 heavy (non-hydrogen) atoms. The number of nitrogens with one attached hydrogen (secondary N) is 2. The van der Waals surface area contributed by atoms with Crippen molar-refractivity contribution >= 4 is 39.5 Å². The van der Waals surface area contributed by atoms with Gasteiger partial charge in [-0.3, -0.25) is 14.5 Å². The molecule has 0 unspecified atom stereocenters. The highest BCUT2D eigenvalue weighted by Crippen LogP contribution is 2.17. The lowest BCUT2D eigenvalue weighted by Gasteiger charge is -2.08. The van der Waals surface area contributed by atoms with Gasteiger partial charge in [0.2, 0.25) is 10.0 Å². The lowest BCUT2D eigenvalue weighted by Crippen LogP contribution is -2.14. The SMILES string of the molecule is CS(=O)(=O)Nc1cccc(C(=O)Nc2cccc(/C=C/c3ccccn3)c2)c1. The van der Waals surface area contributed by atoms with Crippen LogP contribution in [0.4, 0.5) is 11.4 Å². The first-order valence-electron chi connectivity index (χ1n) is 8.47. The van der Waals surface area contributed by atoms with Gasteiger partial charge in [-0.1, -0.05) is 30.3 Å². The van der Waals surface area contributed by atoms with E-state index in [1.165, 1.54) is 6.07 Å². The molecule has 0 saturated heterocycles. The Balaban J connectivity index is 1.73. The summed E-state index contributed by atoms with van der Waals surface area (Å²) in [7, 11) is -3.41. The van der Waals surface area contributed by atoms with Crippen LogP contribution in [0.2, 0.25) is 0 Å². The first-order valence-corrected chi connectivity index (χ1v) is 10.4. The molecule has 0 bridgehead atoms. The van der Waals surface area contributed by atoms with E-state index in [-0.39, 0.29) is 5.91 Å². The van der Waals surface area contributed by atoms with Crippen LogP contribution in [0.3, 0.4) is 0 Å². The summed E-state index contributed by atoms with van der Waals surface area (Å²) >= 11 is 0. The summed E-state index contributed by atoms with van der Waals surface area (Å²) in [6, 6.07) is 19.4.